The molecule has 1 saturated carbocycles. The Balaban J connectivity index is 1.82. The van der Waals surface area contributed by atoms with Crippen LogP contribution in [-0.4, -0.2) is 19.7 Å². The highest BCUT2D eigenvalue weighted by molar-refractivity contribution is 5.27. The minimum absolute atomic E-state index is 0.583. The van der Waals surface area contributed by atoms with Gasteiger partial charge < -0.3 is 10.1 Å². The molecule has 1 aromatic rings. The second-order valence-electron chi connectivity index (χ2n) is 7.03. The third kappa shape index (κ3) is 5.03. The third-order valence-corrected chi connectivity index (χ3v) is 4.84. The van der Waals surface area contributed by atoms with E-state index in [2.05, 4.69) is 51.3 Å². The average molecular weight is 289 g/mol. The van der Waals surface area contributed by atoms with Gasteiger partial charge in [-0.1, -0.05) is 26.0 Å². The van der Waals surface area contributed by atoms with Crippen molar-refractivity contribution in [2.24, 2.45) is 17.8 Å². The maximum absolute atomic E-state index is 5.92. The van der Waals surface area contributed by atoms with Gasteiger partial charge in [0.2, 0.25) is 0 Å². The van der Waals surface area contributed by atoms with Gasteiger partial charge in [0.15, 0.2) is 0 Å². The first-order chi connectivity index (χ1) is 10.1. The van der Waals surface area contributed by atoms with Crippen LogP contribution in [-0.2, 0) is 0 Å². The Kier molecular flexibility index (Phi) is 6.10. The van der Waals surface area contributed by atoms with E-state index in [1.807, 2.05) is 6.07 Å². The lowest BCUT2D eigenvalue weighted by atomic mass is 9.73. The Morgan fingerprint density at radius 1 is 1.19 bits per heavy atom. The summed E-state index contributed by atoms with van der Waals surface area (Å²) in [6.07, 6.45) is 5.21. The molecule has 0 heterocycles. The van der Waals surface area contributed by atoms with Gasteiger partial charge in [-0.05, 0) is 75.1 Å². The lowest BCUT2D eigenvalue weighted by molar-refractivity contribution is 0.161. The lowest BCUT2D eigenvalue weighted by Crippen LogP contribution is -2.39. The van der Waals surface area contributed by atoms with Crippen molar-refractivity contribution in [3.63, 3.8) is 0 Å². The number of ether oxygens (including phenoxy) is 1. The SMILES string of the molecule is CNC(CCOc1cccc(C)c1)C1CC(C)CC(C)C1. The summed E-state index contributed by atoms with van der Waals surface area (Å²) < 4.78 is 5.92. The number of benzene rings is 1. The number of hydrogen-bond donors (Lipinski definition) is 1. The quantitative estimate of drug-likeness (QED) is 0.837. The molecule has 2 nitrogen and oxygen atoms in total. The molecular formula is C19H31NO. The summed E-state index contributed by atoms with van der Waals surface area (Å²) in [5.41, 5.74) is 1.26. The highest BCUT2D eigenvalue weighted by atomic mass is 16.5. The fraction of sp³-hybridized carbons (Fsp3) is 0.684. The zero-order valence-electron chi connectivity index (χ0n) is 14.1. The molecule has 2 rings (SSSR count). The maximum atomic E-state index is 5.92. The van der Waals surface area contributed by atoms with E-state index in [1.54, 1.807) is 0 Å². The molecule has 0 aromatic heterocycles. The summed E-state index contributed by atoms with van der Waals surface area (Å²) >= 11 is 0. The summed E-state index contributed by atoms with van der Waals surface area (Å²) in [7, 11) is 2.10. The second-order valence-corrected chi connectivity index (χ2v) is 7.03. The zero-order chi connectivity index (χ0) is 15.2. The molecular weight excluding hydrogens is 258 g/mol. The molecule has 118 valence electrons. The van der Waals surface area contributed by atoms with Crippen molar-refractivity contribution in [3.8, 4) is 5.75 Å². The molecule has 0 amide bonds. The molecule has 0 saturated heterocycles. The van der Waals surface area contributed by atoms with Gasteiger partial charge in [0.05, 0.1) is 6.61 Å². The van der Waals surface area contributed by atoms with Gasteiger partial charge in [0.1, 0.15) is 5.75 Å². The van der Waals surface area contributed by atoms with Gasteiger partial charge in [-0.3, -0.25) is 0 Å². The van der Waals surface area contributed by atoms with E-state index < -0.39 is 0 Å². The number of nitrogens with one attached hydrogen (secondary N) is 1. The minimum Gasteiger partial charge on any atom is -0.494 e. The highest BCUT2D eigenvalue weighted by Gasteiger charge is 2.29. The van der Waals surface area contributed by atoms with Crippen LogP contribution in [0.4, 0.5) is 0 Å². The van der Waals surface area contributed by atoms with E-state index in [1.165, 1.54) is 24.8 Å². The van der Waals surface area contributed by atoms with Crippen molar-refractivity contribution >= 4 is 0 Å². The lowest BCUT2D eigenvalue weighted by Gasteiger charge is -2.36. The zero-order valence-corrected chi connectivity index (χ0v) is 14.1. The molecule has 1 aliphatic carbocycles. The van der Waals surface area contributed by atoms with E-state index in [0.717, 1.165) is 36.5 Å². The number of rotatable bonds is 6. The maximum Gasteiger partial charge on any atom is 0.119 e. The normalized spacial score (nSPS) is 27.3. The van der Waals surface area contributed by atoms with E-state index in [4.69, 9.17) is 4.74 Å². The van der Waals surface area contributed by atoms with Gasteiger partial charge in [-0.15, -0.1) is 0 Å². The van der Waals surface area contributed by atoms with Crippen molar-refractivity contribution in [1.29, 1.82) is 0 Å². The van der Waals surface area contributed by atoms with Crippen LogP contribution in [0.5, 0.6) is 5.75 Å². The van der Waals surface area contributed by atoms with Crippen LogP contribution in [0.1, 0.15) is 45.1 Å². The van der Waals surface area contributed by atoms with Gasteiger partial charge >= 0.3 is 0 Å². The molecule has 0 spiro atoms. The Hall–Kier alpha value is -1.02. The standard InChI is InChI=1S/C19H31NO/c1-14-6-5-7-18(13-14)21-9-8-19(20-4)17-11-15(2)10-16(3)12-17/h5-7,13,15-17,19-20H,8-12H2,1-4H3. The molecule has 2 heteroatoms. The summed E-state index contributed by atoms with van der Waals surface area (Å²) in [6.45, 7) is 7.71. The summed E-state index contributed by atoms with van der Waals surface area (Å²) in [6, 6.07) is 8.91. The number of hydrogen-bond acceptors (Lipinski definition) is 2. The summed E-state index contributed by atoms with van der Waals surface area (Å²) in [5, 5.41) is 3.53. The molecule has 1 N–H and O–H groups in total. The fourth-order valence-corrected chi connectivity index (χ4v) is 3.96. The van der Waals surface area contributed by atoms with Crippen molar-refractivity contribution in [2.45, 2.75) is 52.5 Å². The van der Waals surface area contributed by atoms with Crippen LogP contribution in [0.2, 0.25) is 0 Å². The fourth-order valence-electron chi connectivity index (χ4n) is 3.96. The first kappa shape index (κ1) is 16.4. The first-order valence-corrected chi connectivity index (χ1v) is 8.45. The highest BCUT2D eigenvalue weighted by Crippen LogP contribution is 2.35. The van der Waals surface area contributed by atoms with E-state index in [0.29, 0.717) is 6.04 Å². The van der Waals surface area contributed by atoms with Crippen molar-refractivity contribution in [2.75, 3.05) is 13.7 Å². The van der Waals surface area contributed by atoms with Crippen LogP contribution in [0.15, 0.2) is 24.3 Å². The molecule has 1 aliphatic rings. The molecule has 3 atom stereocenters. The average Bonchev–Trinajstić information content (AvgIpc) is 2.42. The van der Waals surface area contributed by atoms with Crippen molar-refractivity contribution < 1.29 is 4.74 Å². The molecule has 1 aromatic carbocycles. The van der Waals surface area contributed by atoms with Crippen LogP contribution >= 0.6 is 0 Å². The van der Waals surface area contributed by atoms with Crippen molar-refractivity contribution in [3.05, 3.63) is 29.8 Å². The first-order valence-electron chi connectivity index (χ1n) is 8.45. The Bertz CT molecular complexity index is 421. The molecule has 0 aliphatic heterocycles. The van der Waals surface area contributed by atoms with Crippen LogP contribution in [0, 0.1) is 24.7 Å². The van der Waals surface area contributed by atoms with E-state index in [-0.39, 0.29) is 0 Å². The molecule has 3 unspecified atom stereocenters. The monoisotopic (exact) mass is 289 g/mol. The molecule has 0 radical (unpaired) electrons. The Morgan fingerprint density at radius 3 is 2.52 bits per heavy atom. The van der Waals surface area contributed by atoms with E-state index in [9.17, 15) is 0 Å². The van der Waals surface area contributed by atoms with Crippen LogP contribution in [0.3, 0.4) is 0 Å². The smallest absolute Gasteiger partial charge is 0.119 e. The summed E-state index contributed by atoms with van der Waals surface area (Å²) in [4.78, 5) is 0. The van der Waals surface area contributed by atoms with Crippen LogP contribution < -0.4 is 10.1 Å². The van der Waals surface area contributed by atoms with Gasteiger partial charge in [0, 0.05) is 6.04 Å². The van der Waals surface area contributed by atoms with Gasteiger partial charge in [0.25, 0.3) is 0 Å². The minimum atomic E-state index is 0.583. The molecule has 1 fully saturated rings. The van der Waals surface area contributed by atoms with Gasteiger partial charge in [-0.2, -0.15) is 0 Å². The van der Waals surface area contributed by atoms with E-state index >= 15 is 0 Å². The molecule has 21 heavy (non-hydrogen) atoms. The second kappa shape index (κ2) is 7.84. The topological polar surface area (TPSA) is 21.3 Å². The van der Waals surface area contributed by atoms with Crippen LogP contribution in [0.25, 0.3) is 0 Å². The third-order valence-electron chi connectivity index (χ3n) is 4.84. The molecule has 0 bridgehead atoms. The van der Waals surface area contributed by atoms with Crippen molar-refractivity contribution in [1.82, 2.24) is 5.32 Å². The van der Waals surface area contributed by atoms with Gasteiger partial charge in [-0.25, -0.2) is 0 Å². The summed E-state index contributed by atoms with van der Waals surface area (Å²) in [5.74, 6) is 3.53. The largest absolute Gasteiger partial charge is 0.494 e. The predicted molar refractivity (Wildman–Crippen MR) is 89.8 cm³/mol. The number of aryl methyl sites for hydroxylation is 1. The predicted octanol–water partition coefficient (Wildman–Crippen LogP) is 4.42. The Morgan fingerprint density at radius 2 is 1.90 bits per heavy atom. The Labute approximate surface area is 130 Å².